The van der Waals surface area contributed by atoms with Crippen molar-refractivity contribution in [3.63, 3.8) is 0 Å². The van der Waals surface area contributed by atoms with E-state index in [1.807, 2.05) is 6.07 Å². The fraction of sp³-hybridized carbons (Fsp3) is 0.800. The Morgan fingerprint density at radius 2 is 2.04 bits per heavy atom. The normalized spacial score (nSPS) is 28.2. The van der Waals surface area contributed by atoms with Crippen molar-refractivity contribution in [1.82, 2.24) is 9.80 Å². The summed E-state index contributed by atoms with van der Waals surface area (Å²) in [6.45, 7) is 7.26. The predicted octanol–water partition coefficient (Wildman–Crippen LogP) is 2.76. The molecule has 0 saturated carbocycles. The molecule has 0 N–H and O–H groups in total. The molecule has 1 aromatic rings. The summed E-state index contributed by atoms with van der Waals surface area (Å²) >= 11 is 0. The van der Waals surface area contributed by atoms with Gasteiger partial charge in [0.25, 0.3) is 0 Å². The van der Waals surface area contributed by atoms with Gasteiger partial charge >= 0.3 is 0 Å². The van der Waals surface area contributed by atoms with Crippen LogP contribution in [0.15, 0.2) is 22.8 Å². The van der Waals surface area contributed by atoms with Gasteiger partial charge in [-0.25, -0.2) is 0 Å². The Morgan fingerprint density at radius 3 is 2.76 bits per heavy atom. The van der Waals surface area contributed by atoms with Crippen LogP contribution in [-0.2, 0) is 16.0 Å². The maximum absolute atomic E-state index is 6.35. The fourth-order valence-electron chi connectivity index (χ4n) is 4.67. The second-order valence-electron chi connectivity index (χ2n) is 8.20. The molecule has 5 heteroatoms. The summed E-state index contributed by atoms with van der Waals surface area (Å²) < 4.78 is 17.3. The number of hydrogen-bond donors (Lipinski definition) is 0. The van der Waals surface area contributed by atoms with Crippen molar-refractivity contribution in [2.75, 3.05) is 46.5 Å². The number of rotatable bonds is 5. The second-order valence-corrected chi connectivity index (χ2v) is 8.20. The average Bonchev–Trinajstić information content (AvgIpc) is 3.29. The Bertz CT molecular complexity index is 519. The summed E-state index contributed by atoms with van der Waals surface area (Å²) in [5, 5.41) is 0. The third kappa shape index (κ3) is 4.27. The number of furan rings is 1. The Balaban J connectivity index is 1.24. The highest BCUT2D eigenvalue weighted by molar-refractivity contribution is 5.01. The van der Waals surface area contributed by atoms with E-state index in [0.717, 1.165) is 44.5 Å². The van der Waals surface area contributed by atoms with E-state index >= 15 is 0 Å². The van der Waals surface area contributed by atoms with Crippen LogP contribution in [0.2, 0.25) is 0 Å². The average molecular weight is 348 g/mol. The first-order valence-electron chi connectivity index (χ1n) is 9.89. The van der Waals surface area contributed by atoms with E-state index in [9.17, 15) is 0 Å². The van der Waals surface area contributed by atoms with E-state index in [4.69, 9.17) is 13.9 Å². The van der Waals surface area contributed by atoms with Crippen LogP contribution in [0.25, 0.3) is 0 Å². The molecule has 0 aliphatic carbocycles. The summed E-state index contributed by atoms with van der Waals surface area (Å²) in [5.41, 5.74) is 0.119. The molecule has 4 heterocycles. The number of likely N-dealkylation sites (tertiary alicyclic amines) is 1. The molecule has 0 bridgehead atoms. The predicted molar refractivity (Wildman–Crippen MR) is 96.5 cm³/mol. The molecular formula is C20H32N2O3. The number of likely N-dealkylation sites (N-methyl/N-ethyl adjacent to an activating group) is 1. The largest absolute Gasteiger partial charge is 0.468 e. The number of hydrogen-bond acceptors (Lipinski definition) is 5. The lowest BCUT2D eigenvalue weighted by Gasteiger charge is -2.40. The summed E-state index contributed by atoms with van der Waals surface area (Å²) in [7, 11) is 2.19. The molecule has 3 aliphatic rings. The highest BCUT2D eigenvalue weighted by atomic mass is 16.5. The van der Waals surface area contributed by atoms with Crippen LogP contribution < -0.4 is 0 Å². The van der Waals surface area contributed by atoms with Crippen molar-refractivity contribution in [1.29, 1.82) is 0 Å². The van der Waals surface area contributed by atoms with Crippen LogP contribution in [0, 0.1) is 5.92 Å². The van der Waals surface area contributed by atoms with Crippen molar-refractivity contribution >= 4 is 0 Å². The Morgan fingerprint density at radius 1 is 1.24 bits per heavy atom. The third-order valence-corrected chi connectivity index (χ3v) is 6.42. The van der Waals surface area contributed by atoms with Gasteiger partial charge in [0.05, 0.1) is 25.0 Å². The monoisotopic (exact) mass is 348 g/mol. The molecule has 1 spiro atoms. The summed E-state index contributed by atoms with van der Waals surface area (Å²) in [6, 6.07) is 4.52. The zero-order valence-electron chi connectivity index (χ0n) is 15.5. The van der Waals surface area contributed by atoms with Gasteiger partial charge in [-0.15, -0.1) is 0 Å². The minimum atomic E-state index is 0.119. The first kappa shape index (κ1) is 17.5. The van der Waals surface area contributed by atoms with Gasteiger partial charge in [0.1, 0.15) is 5.76 Å². The van der Waals surface area contributed by atoms with E-state index in [1.165, 1.54) is 45.3 Å². The summed E-state index contributed by atoms with van der Waals surface area (Å²) in [6.07, 6.45) is 7.75. The van der Waals surface area contributed by atoms with Gasteiger partial charge < -0.3 is 18.8 Å². The van der Waals surface area contributed by atoms with Crippen molar-refractivity contribution in [2.24, 2.45) is 5.92 Å². The number of piperidine rings is 1. The van der Waals surface area contributed by atoms with E-state index < -0.39 is 0 Å². The van der Waals surface area contributed by atoms with Gasteiger partial charge in [-0.2, -0.15) is 0 Å². The molecule has 0 aromatic carbocycles. The summed E-state index contributed by atoms with van der Waals surface area (Å²) in [5.74, 6) is 1.87. The van der Waals surface area contributed by atoms with Crippen molar-refractivity contribution in [3.8, 4) is 0 Å². The Kier molecular flexibility index (Phi) is 5.46. The molecule has 0 radical (unpaired) electrons. The van der Waals surface area contributed by atoms with E-state index in [1.54, 1.807) is 6.26 Å². The van der Waals surface area contributed by atoms with Crippen molar-refractivity contribution in [3.05, 3.63) is 24.2 Å². The molecule has 0 unspecified atom stereocenters. The van der Waals surface area contributed by atoms with Gasteiger partial charge in [0, 0.05) is 38.9 Å². The fourth-order valence-corrected chi connectivity index (χ4v) is 4.67. The SMILES string of the molecule is CN(Cc1ccco1)[C@H]1COC2(CCN(CC3CCOCC3)CC2)C1. The maximum atomic E-state index is 6.35. The van der Waals surface area contributed by atoms with E-state index in [-0.39, 0.29) is 5.60 Å². The quantitative estimate of drug-likeness (QED) is 0.818. The molecule has 3 saturated heterocycles. The van der Waals surface area contributed by atoms with E-state index in [0.29, 0.717) is 6.04 Å². The first-order valence-corrected chi connectivity index (χ1v) is 9.89. The molecule has 1 aromatic heterocycles. The lowest BCUT2D eigenvalue weighted by molar-refractivity contribution is -0.0490. The summed E-state index contributed by atoms with van der Waals surface area (Å²) in [4.78, 5) is 5.05. The van der Waals surface area contributed by atoms with Crippen LogP contribution in [0.4, 0.5) is 0 Å². The van der Waals surface area contributed by atoms with Gasteiger partial charge in [0.2, 0.25) is 0 Å². The molecule has 4 rings (SSSR count). The van der Waals surface area contributed by atoms with Crippen LogP contribution in [0.5, 0.6) is 0 Å². The Labute approximate surface area is 151 Å². The zero-order chi connectivity index (χ0) is 17.1. The molecule has 140 valence electrons. The van der Waals surface area contributed by atoms with Gasteiger partial charge in [0.15, 0.2) is 0 Å². The maximum Gasteiger partial charge on any atom is 0.117 e. The second kappa shape index (κ2) is 7.78. The topological polar surface area (TPSA) is 38.1 Å². The van der Waals surface area contributed by atoms with Crippen LogP contribution in [-0.4, -0.2) is 67.9 Å². The van der Waals surface area contributed by atoms with E-state index in [2.05, 4.69) is 22.9 Å². The zero-order valence-corrected chi connectivity index (χ0v) is 15.5. The Hall–Kier alpha value is -0.880. The molecular weight excluding hydrogens is 316 g/mol. The van der Waals surface area contributed by atoms with Crippen LogP contribution in [0.1, 0.15) is 37.9 Å². The smallest absolute Gasteiger partial charge is 0.117 e. The molecule has 0 amide bonds. The highest BCUT2D eigenvalue weighted by Crippen LogP contribution is 2.38. The number of ether oxygens (including phenoxy) is 2. The minimum absolute atomic E-state index is 0.119. The lowest BCUT2D eigenvalue weighted by atomic mass is 9.86. The molecule has 3 fully saturated rings. The van der Waals surface area contributed by atoms with Crippen LogP contribution >= 0.6 is 0 Å². The van der Waals surface area contributed by atoms with Crippen molar-refractivity contribution < 1.29 is 13.9 Å². The van der Waals surface area contributed by atoms with Crippen LogP contribution in [0.3, 0.4) is 0 Å². The van der Waals surface area contributed by atoms with Gasteiger partial charge in [-0.3, -0.25) is 4.90 Å². The highest BCUT2D eigenvalue weighted by Gasteiger charge is 2.44. The number of nitrogens with zero attached hydrogens (tertiary/aromatic N) is 2. The molecule has 3 aliphatic heterocycles. The molecule has 5 nitrogen and oxygen atoms in total. The molecule has 1 atom stereocenters. The first-order chi connectivity index (χ1) is 12.2. The van der Waals surface area contributed by atoms with Gasteiger partial charge in [-0.05, 0) is 57.2 Å². The van der Waals surface area contributed by atoms with Gasteiger partial charge in [-0.1, -0.05) is 0 Å². The van der Waals surface area contributed by atoms with Crippen molar-refractivity contribution in [2.45, 2.75) is 50.3 Å². The standard InChI is InChI=1S/C20H32N2O3/c1-21(15-19-3-2-10-24-19)18-13-20(25-16-18)6-8-22(9-7-20)14-17-4-11-23-12-5-17/h2-3,10,17-18H,4-9,11-16H2,1H3/t18-/m1/s1. The third-order valence-electron chi connectivity index (χ3n) is 6.42. The lowest BCUT2D eigenvalue weighted by Crippen LogP contribution is -2.46. The minimum Gasteiger partial charge on any atom is -0.468 e. The molecule has 25 heavy (non-hydrogen) atoms.